The first kappa shape index (κ1) is 24.7. The maximum absolute atomic E-state index is 15.1. The predicted molar refractivity (Wildman–Crippen MR) is 113 cm³/mol. The average molecular weight is 527 g/mol. The van der Waals surface area contributed by atoms with E-state index in [2.05, 4.69) is 26.0 Å². The molecule has 12 heteroatoms. The fourth-order valence-corrected chi connectivity index (χ4v) is 4.78. The third kappa shape index (κ3) is 5.17. The summed E-state index contributed by atoms with van der Waals surface area (Å²) < 4.78 is 74.5. The molecule has 2 N–H and O–H groups in total. The van der Waals surface area contributed by atoms with E-state index in [0.717, 1.165) is 24.3 Å². The number of sulfonamides is 1. The van der Waals surface area contributed by atoms with Crippen LogP contribution in [0.5, 0.6) is 0 Å². The van der Waals surface area contributed by atoms with Gasteiger partial charge < -0.3 is 10.1 Å². The smallest absolute Gasteiger partial charge is 0.258 e. The third-order valence-electron chi connectivity index (χ3n) is 4.37. The number of amides is 1. The van der Waals surface area contributed by atoms with Crippen molar-refractivity contribution in [2.75, 3.05) is 18.5 Å². The van der Waals surface area contributed by atoms with Crippen LogP contribution in [0.15, 0.2) is 33.6 Å². The highest BCUT2D eigenvalue weighted by atomic mass is 79.9. The van der Waals surface area contributed by atoms with Gasteiger partial charge in [0.2, 0.25) is 10.0 Å². The molecule has 1 atom stereocenters. The molecule has 2 aromatic rings. The van der Waals surface area contributed by atoms with E-state index in [1.165, 1.54) is 6.92 Å². The summed E-state index contributed by atoms with van der Waals surface area (Å²) in [5.41, 5.74) is -0.504. The zero-order valence-corrected chi connectivity index (χ0v) is 19.0. The Kier molecular flexibility index (Phi) is 7.97. The molecule has 0 spiro atoms. The minimum absolute atomic E-state index is 0. The molecule has 1 fully saturated rings. The molecule has 1 aliphatic heterocycles. The third-order valence-corrected chi connectivity index (χ3v) is 6.72. The Hall–Kier alpha value is -1.60. The van der Waals surface area contributed by atoms with Crippen LogP contribution >= 0.6 is 29.4 Å². The van der Waals surface area contributed by atoms with Crippen LogP contribution in [-0.4, -0.2) is 33.6 Å². The van der Waals surface area contributed by atoms with Gasteiger partial charge in [0, 0.05) is 28.9 Å². The Morgan fingerprint density at radius 2 is 1.90 bits per heavy atom. The average Bonchev–Trinajstić information content (AvgIpc) is 3.13. The van der Waals surface area contributed by atoms with Gasteiger partial charge in [-0.25, -0.2) is 26.3 Å². The number of nitrogens with one attached hydrogen (secondary N) is 2. The quantitative estimate of drug-likeness (QED) is 0.623. The summed E-state index contributed by atoms with van der Waals surface area (Å²) in [6.45, 7) is 1.97. The van der Waals surface area contributed by atoms with Gasteiger partial charge in [-0.15, -0.1) is 0 Å². The molecule has 1 heterocycles. The molecule has 164 valence electrons. The van der Waals surface area contributed by atoms with Crippen LogP contribution in [0, 0.1) is 24.4 Å². The van der Waals surface area contributed by atoms with Crippen molar-refractivity contribution in [3.8, 4) is 0 Å². The number of ether oxygens (including phenoxy) is 1. The van der Waals surface area contributed by atoms with E-state index in [1.807, 2.05) is 0 Å². The molecule has 1 saturated heterocycles. The molecule has 0 bridgehead atoms. The van der Waals surface area contributed by atoms with Crippen molar-refractivity contribution in [3.63, 3.8) is 0 Å². The zero-order valence-electron chi connectivity index (χ0n) is 15.6. The first-order valence-corrected chi connectivity index (χ1v) is 10.7. The normalized spacial score (nSPS) is 16.2. The van der Waals surface area contributed by atoms with Gasteiger partial charge in [-0.2, -0.15) is 13.5 Å². The summed E-state index contributed by atoms with van der Waals surface area (Å²) in [5.74, 6) is -4.56. The Balaban J connectivity index is 0.00000320. The maximum atomic E-state index is 15.1. The van der Waals surface area contributed by atoms with Crippen LogP contribution < -0.4 is 10.0 Å². The number of halogens is 4. The van der Waals surface area contributed by atoms with Crippen LogP contribution in [-0.2, 0) is 14.8 Å². The van der Waals surface area contributed by atoms with Crippen molar-refractivity contribution in [2.24, 2.45) is 0 Å². The van der Waals surface area contributed by atoms with Crippen LogP contribution in [0.4, 0.5) is 18.9 Å². The van der Waals surface area contributed by atoms with Crippen molar-refractivity contribution < 1.29 is 31.1 Å². The number of rotatable bonds is 5. The van der Waals surface area contributed by atoms with E-state index in [4.69, 9.17) is 4.74 Å². The Morgan fingerprint density at radius 1 is 1.20 bits per heavy atom. The minimum atomic E-state index is -4.28. The molecule has 2 aromatic carbocycles. The van der Waals surface area contributed by atoms with E-state index in [-0.39, 0.29) is 35.8 Å². The fraction of sp³-hybridized carbons (Fsp3) is 0.278. The summed E-state index contributed by atoms with van der Waals surface area (Å²) in [6, 6.07) is 3.20. The molecular weight excluding hydrogens is 509 g/mol. The van der Waals surface area contributed by atoms with Gasteiger partial charge in [0.15, 0.2) is 17.5 Å². The van der Waals surface area contributed by atoms with Crippen molar-refractivity contribution in [3.05, 3.63) is 57.3 Å². The highest BCUT2D eigenvalue weighted by Crippen LogP contribution is 2.30. The standard InChI is InChI=1S/C18H16BrF3N2O4S.H2S/c1-9-12(19)7-15(29(26,27)24-11-4-5-28-8-11)17(22)16(9)18(25)23-10-2-3-13(20)14(21)6-10;/h2-3,6-7,11,24H,4-5,8H2,1H3,(H,23,25);1H2/t11-;/m0./s1. The van der Waals surface area contributed by atoms with Crippen LogP contribution in [0.1, 0.15) is 22.3 Å². The summed E-state index contributed by atoms with van der Waals surface area (Å²) in [5, 5.41) is 2.25. The SMILES string of the molecule is Cc1c(Br)cc(S(=O)(=O)N[C@H]2CCOC2)c(F)c1C(=O)Nc1ccc(F)c(F)c1.S. The second-order valence-electron chi connectivity index (χ2n) is 6.44. The van der Waals surface area contributed by atoms with Crippen molar-refractivity contribution in [1.29, 1.82) is 0 Å². The highest BCUT2D eigenvalue weighted by molar-refractivity contribution is 9.10. The number of hydrogen-bond donors (Lipinski definition) is 2. The van der Waals surface area contributed by atoms with Gasteiger partial charge >= 0.3 is 0 Å². The summed E-state index contributed by atoms with van der Waals surface area (Å²) in [7, 11) is -4.28. The van der Waals surface area contributed by atoms with Crippen molar-refractivity contribution >= 4 is 51.0 Å². The van der Waals surface area contributed by atoms with Gasteiger partial charge in [0.1, 0.15) is 4.90 Å². The Morgan fingerprint density at radius 3 is 2.50 bits per heavy atom. The summed E-state index contributed by atoms with van der Waals surface area (Å²) in [6.07, 6.45) is 0.442. The Labute approximate surface area is 186 Å². The lowest BCUT2D eigenvalue weighted by Gasteiger charge is -2.16. The monoisotopic (exact) mass is 526 g/mol. The lowest BCUT2D eigenvalue weighted by Crippen LogP contribution is -2.36. The lowest BCUT2D eigenvalue weighted by atomic mass is 10.1. The largest absolute Gasteiger partial charge is 0.380 e. The molecule has 3 rings (SSSR count). The highest BCUT2D eigenvalue weighted by Gasteiger charge is 2.30. The van der Waals surface area contributed by atoms with E-state index in [0.29, 0.717) is 13.0 Å². The second-order valence-corrected chi connectivity index (χ2v) is 8.97. The van der Waals surface area contributed by atoms with Gasteiger partial charge in [0.05, 0.1) is 12.2 Å². The topological polar surface area (TPSA) is 84.5 Å². The predicted octanol–water partition coefficient (Wildman–Crippen LogP) is 3.61. The zero-order chi connectivity index (χ0) is 21.3. The molecule has 1 amide bonds. The van der Waals surface area contributed by atoms with E-state index < -0.39 is 49.9 Å². The number of anilines is 1. The van der Waals surface area contributed by atoms with Crippen molar-refractivity contribution in [2.45, 2.75) is 24.3 Å². The van der Waals surface area contributed by atoms with Crippen molar-refractivity contribution in [1.82, 2.24) is 4.72 Å². The molecule has 6 nitrogen and oxygen atoms in total. The molecule has 0 radical (unpaired) electrons. The van der Waals surface area contributed by atoms with Gasteiger partial charge in [-0.3, -0.25) is 4.79 Å². The van der Waals surface area contributed by atoms with E-state index in [9.17, 15) is 22.0 Å². The number of benzene rings is 2. The number of hydrogen-bond acceptors (Lipinski definition) is 4. The molecule has 0 aliphatic carbocycles. The van der Waals surface area contributed by atoms with Crippen LogP contribution in [0.3, 0.4) is 0 Å². The number of carbonyl (C=O) groups is 1. The Bertz CT molecular complexity index is 1080. The fourth-order valence-electron chi connectivity index (χ4n) is 2.84. The second kappa shape index (κ2) is 9.69. The lowest BCUT2D eigenvalue weighted by molar-refractivity contribution is 0.102. The summed E-state index contributed by atoms with van der Waals surface area (Å²) in [4.78, 5) is 11.9. The molecule has 30 heavy (non-hydrogen) atoms. The molecule has 0 aromatic heterocycles. The van der Waals surface area contributed by atoms with Gasteiger partial charge in [-0.05, 0) is 37.1 Å². The van der Waals surface area contributed by atoms with Gasteiger partial charge in [0.25, 0.3) is 5.91 Å². The van der Waals surface area contributed by atoms with Crippen LogP contribution in [0.2, 0.25) is 0 Å². The molecule has 0 unspecified atom stereocenters. The molecule has 1 aliphatic rings. The van der Waals surface area contributed by atoms with E-state index >= 15 is 4.39 Å². The maximum Gasteiger partial charge on any atom is 0.258 e. The minimum Gasteiger partial charge on any atom is -0.380 e. The molecule has 0 saturated carbocycles. The van der Waals surface area contributed by atoms with Gasteiger partial charge in [-0.1, -0.05) is 15.9 Å². The van der Waals surface area contributed by atoms with E-state index in [1.54, 1.807) is 0 Å². The molecular formula is C18H18BrF3N2O4S2. The number of carbonyl (C=O) groups excluding carboxylic acids is 1. The first-order chi connectivity index (χ1) is 13.6. The van der Waals surface area contributed by atoms with Crippen LogP contribution in [0.25, 0.3) is 0 Å². The summed E-state index contributed by atoms with van der Waals surface area (Å²) >= 11 is 3.14. The first-order valence-electron chi connectivity index (χ1n) is 8.45.